The molecular weight excluding hydrogens is 532 g/mol. The zero-order valence-electron chi connectivity index (χ0n) is 24.1. The van der Waals surface area contributed by atoms with Gasteiger partial charge in [0, 0.05) is 0 Å². The molecule has 1 heterocycles. The highest BCUT2D eigenvalue weighted by atomic mass is 16.6. The molecule has 0 aliphatic carbocycles. The van der Waals surface area contributed by atoms with E-state index in [0.29, 0.717) is 26.4 Å². The van der Waals surface area contributed by atoms with Crippen LogP contribution in [0.25, 0.3) is 16.8 Å². The number of ether oxygens (including phenoxy) is 4. The van der Waals surface area contributed by atoms with Crippen molar-refractivity contribution in [2.45, 2.75) is 38.1 Å². The Kier molecular flexibility index (Phi) is 9.73. The molecule has 0 saturated heterocycles. The van der Waals surface area contributed by atoms with E-state index in [2.05, 4.69) is 84.9 Å². The molecule has 0 fully saturated rings. The van der Waals surface area contributed by atoms with Gasteiger partial charge in [-0.2, -0.15) is 0 Å². The van der Waals surface area contributed by atoms with Gasteiger partial charge in [0.2, 0.25) is 0 Å². The van der Waals surface area contributed by atoms with E-state index in [1.165, 1.54) is 10.8 Å². The Hall–Kier alpha value is -4.48. The second kappa shape index (κ2) is 14.6. The van der Waals surface area contributed by atoms with E-state index >= 15 is 0 Å². The number of hydrogen-bond acceptors (Lipinski definition) is 4. The Balaban J connectivity index is 1.25. The normalized spacial score (nSPS) is 18.4. The molecule has 0 radical (unpaired) electrons. The van der Waals surface area contributed by atoms with Gasteiger partial charge in [-0.05, 0) is 51.2 Å². The van der Waals surface area contributed by atoms with Gasteiger partial charge in [0.25, 0.3) is 0 Å². The predicted octanol–water partition coefficient (Wildman–Crippen LogP) is 8.52. The lowest BCUT2D eigenvalue weighted by Crippen LogP contribution is -2.47. The van der Waals surface area contributed by atoms with Crippen molar-refractivity contribution in [1.29, 1.82) is 0 Å². The van der Waals surface area contributed by atoms with Gasteiger partial charge in [0.05, 0.1) is 26.4 Å². The molecule has 0 spiro atoms. The van der Waals surface area contributed by atoms with Crippen molar-refractivity contribution in [2.24, 2.45) is 0 Å². The Morgan fingerprint density at radius 1 is 0.558 bits per heavy atom. The molecule has 5 aromatic carbocycles. The first-order valence-corrected chi connectivity index (χ1v) is 14.8. The average Bonchev–Trinajstić information content (AvgIpc) is 3.07. The van der Waals surface area contributed by atoms with Crippen molar-refractivity contribution in [1.82, 2.24) is 0 Å². The Morgan fingerprint density at radius 2 is 1.14 bits per heavy atom. The number of hydrogen-bond donors (Lipinski definition) is 0. The predicted molar refractivity (Wildman–Crippen MR) is 172 cm³/mol. The first-order chi connectivity index (χ1) is 21.3. The van der Waals surface area contributed by atoms with Crippen molar-refractivity contribution in [2.75, 3.05) is 6.61 Å². The molecule has 216 valence electrons. The highest BCUT2D eigenvalue weighted by molar-refractivity contribution is 5.84. The third-order valence-electron chi connectivity index (χ3n) is 7.48. The maximum absolute atomic E-state index is 6.56. The molecule has 1 aliphatic heterocycles. The van der Waals surface area contributed by atoms with Crippen LogP contribution >= 0.6 is 0 Å². The van der Waals surface area contributed by atoms with E-state index < -0.39 is 0 Å². The fourth-order valence-corrected chi connectivity index (χ4v) is 5.21. The minimum absolute atomic E-state index is 0.334. The molecule has 1 aliphatic rings. The summed E-state index contributed by atoms with van der Waals surface area (Å²) in [5, 5.41) is 2.42. The SMILES string of the molecule is C1=C(/C=C/c2ccc3ccccc3c2)O[C@H](COCc2ccccc2)[C@@H](OCc2ccccc2)[C@@H]1OCc1ccccc1. The van der Waals surface area contributed by atoms with E-state index in [9.17, 15) is 0 Å². The molecule has 6 rings (SSSR count). The molecule has 0 saturated carbocycles. The van der Waals surface area contributed by atoms with E-state index in [4.69, 9.17) is 18.9 Å². The average molecular weight is 569 g/mol. The van der Waals surface area contributed by atoms with Crippen molar-refractivity contribution < 1.29 is 18.9 Å². The van der Waals surface area contributed by atoms with Crippen LogP contribution in [0.5, 0.6) is 0 Å². The second-order valence-corrected chi connectivity index (χ2v) is 10.7. The largest absolute Gasteiger partial charge is 0.485 e. The Labute approximate surface area is 253 Å². The molecule has 5 aromatic rings. The van der Waals surface area contributed by atoms with Gasteiger partial charge < -0.3 is 18.9 Å². The number of allylic oxidation sites excluding steroid dienone is 1. The summed E-state index contributed by atoms with van der Waals surface area (Å²) in [6.45, 7) is 1.77. The second-order valence-electron chi connectivity index (χ2n) is 10.7. The molecule has 43 heavy (non-hydrogen) atoms. The van der Waals surface area contributed by atoms with Crippen molar-refractivity contribution in [3.8, 4) is 0 Å². The Morgan fingerprint density at radius 3 is 1.81 bits per heavy atom. The van der Waals surface area contributed by atoms with Gasteiger partial charge in [-0.25, -0.2) is 0 Å². The third kappa shape index (κ3) is 8.08. The number of benzene rings is 5. The zero-order chi connectivity index (χ0) is 29.1. The molecule has 4 heteroatoms. The summed E-state index contributed by atoms with van der Waals surface area (Å²) in [6.07, 6.45) is 5.07. The fourth-order valence-electron chi connectivity index (χ4n) is 5.21. The summed E-state index contributed by atoms with van der Waals surface area (Å²) in [5.41, 5.74) is 4.42. The maximum Gasteiger partial charge on any atom is 0.151 e. The molecule has 3 atom stereocenters. The third-order valence-corrected chi connectivity index (χ3v) is 7.48. The van der Waals surface area contributed by atoms with E-state index in [0.717, 1.165) is 28.0 Å². The summed E-state index contributed by atoms with van der Waals surface area (Å²) in [4.78, 5) is 0. The summed E-state index contributed by atoms with van der Waals surface area (Å²) >= 11 is 0. The standard InChI is InChI=1S/C39H36O4/c1-4-12-31(13-5-1)26-40-29-38-39(42-28-33-16-8-3-9-17-33)37(41-27-32-14-6-2-7-15-32)25-36(43-38)23-21-30-20-22-34-18-10-11-19-35(34)24-30/h1-25,37-39H,26-29H2/b23-21+/t37-,38-,39+/m1/s1. The van der Waals surface area contributed by atoms with Crippen LogP contribution in [0.3, 0.4) is 0 Å². The van der Waals surface area contributed by atoms with E-state index in [-0.39, 0.29) is 18.3 Å². The van der Waals surface area contributed by atoms with E-state index in [1.807, 2.05) is 66.7 Å². The summed E-state index contributed by atoms with van der Waals surface area (Å²) in [7, 11) is 0. The van der Waals surface area contributed by atoms with E-state index in [1.54, 1.807) is 0 Å². The lowest BCUT2D eigenvalue weighted by atomic mass is 10.0. The molecule has 0 aromatic heterocycles. The van der Waals surface area contributed by atoms with Gasteiger partial charge >= 0.3 is 0 Å². The van der Waals surface area contributed by atoms with Crippen molar-refractivity contribution >= 4 is 16.8 Å². The van der Waals surface area contributed by atoms with Crippen LogP contribution in [0.2, 0.25) is 0 Å². The van der Waals surface area contributed by atoms with Gasteiger partial charge in [-0.15, -0.1) is 0 Å². The minimum atomic E-state index is -0.366. The van der Waals surface area contributed by atoms with Crippen molar-refractivity contribution in [3.63, 3.8) is 0 Å². The topological polar surface area (TPSA) is 36.9 Å². The van der Waals surface area contributed by atoms with Crippen LogP contribution in [0, 0.1) is 0 Å². The molecule has 4 nitrogen and oxygen atoms in total. The molecular formula is C39H36O4. The summed E-state index contributed by atoms with van der Waals surface area (Å²) in [6, 6.07) is 45.4. The quantitative estimate of drug-likeness (QED) is 0.151. The van der Waals surface area contributed by atoms with Gasteiger partial charge in [0.1, 0.15) is 18.0 Å². The number of rotatable bonds is 12. The number of fused-ring (bicyclic) bond motifs is 1. The highest BCUT2D eigenvalue weighted by Gasteiger charge is 2.36. The molecule has 0 bridgehead atoms. The monoisotopic (exact) mass is 568 g/mol. The van der Waals surface area contributed by atoms with Gasteiger partial charge in [-0.3, -0.25) is 0 Å². The van der Waals surface area contributed by atoms with Gasteiger partial charge in [-0.1, -0.05) is 133 Å². The van der Waals surface area contributed by atoms with Crippen LogP contribution in [-0.4, -0.2) is 24.9 Å². The van der Waals surface area contributed by atoms with Crippen LogP contribution in [-0.2, 0) is 38.8 Å². The van der Waals surface area contributed by atoms with Crippen LogP contribution in [0.1, 0.15) is 22.3 Å². The molecule has 0 amide bonds. The first-order valence-electron chi connectivity index (χ1n) is 14.8. The van der Waals surface area contributed by atoms with Crippen molar-refractivity contribution in [3.05, 3.63) is 174 Å². The summed E-state index contributed by atoms with van der Waals surface area (Å²) < 4.78 is 25.8. The van der Waals surface area contributed by atoms with Crippen LogP contribution < -0.4 is 0 Å². The van der Waals surface area contributed by atoms with Gasteiger partial charge in [0.15, 0.2) is 6.10 Å². The lowest BCUT2D eigenvalue weighted by Gasteiger charge is -2.36. The zero-order valence-corrected chi connectivity index (χ0v) is 24.1. The molecule has 0 N–H and O–H groups in total. The smallest absolute Gasteiger partial charge is 0.151 e. The van der Waals surface area contributed by atoms with Crippen LogP contribution in [0.15, 0.2) is 151 Å². The van der Waals surface area contributed by atoms with Crippen LogP contribution in [0.4, 0.5) is 0 Å². The summed E-state index contributed by atoms with van der Waals surface area (Å²) in [5.74, 6) is 0.735. The Bertz CT molecular complexity index is 1630. The highest BCUT2D eigenvalue weighted by Crippen LogP contribution is 2.27. The first kappa shape index (κ1) is 28.6. The molecule has 0 unspecified atom stereocenters. The fraction of sp³-hybridized carbons (Fsp3) is 0.179. The maximum atomic E-state index is 6.56. The minimum Gasteiger partial charge on any atom is -0.485 e. The lowest BCUT2D eigenvalue weighted by molar-refractivity contribution is -0.151.